The molecule has 0 saturated heterocycles. The summed E-state index contributed by atoms with van der Waals surface area (Å²) in [4.78, 5) is 102. The summed E-state index contributed by atoms with van der Waals surface area (Å²) in [6.45, 7) is 4.88. The molecule has 0 aliphatic carbocycles. The minimum Gasteiger partial charge on any atom is -0.454 e. The number of pyridine rings is 1. The zero-order valence-corrected chi connectivity index (χ0v) is 80.9. The Hall–Kier alpha value is -17.3. The predicted octanol–water partition coefficient (Wildman–Crippen LogP) is 24.6. The number of nitrogens with one attached hydrogen (secondary N) is 5. The van der Waals surface area contributed by atoms with E-state index >= 15 is 0 Å². The Labute approximate surface area is 850 Å². The molecular weight excluding hydrogens is 1920 g/mol. The number of hydrogen-bond acceptors (Lipinski definition) is 15. The molecule has 6 amide bonds. The monoisotopic (exact) mass is 2010 g/mol. The van der Waals surface area contributed by atoms with Gasteiger partial charge in [-0.1, -0.05) is 284 Å². The number of benzene rings is 13. The van der Waals surface area contributed by atoms with Crippen molar-refractivity contribution in [3.8, 4) is 11.5 Å². The maximum absolute atomic E-state index is 14.0. The summed E-state index contributed by atoms with van der Waals surface area (Å²) in [5.41, 5.74) is 14.2. The molecule has 4 aliphatic heterocycles. The Bertz CT molecular complexity index is 7610. The first-order chi connectivity index (χ1) is 70.9. The summed E-state index contributed by atoms with van der Waals surface area (Å²) >= 11 is 17.2. The fourth-order valence-electron chi connectivity index (χ4n) is 16.6. The van der Waals surface area contributed by atoms with E-state index in [4.69, 9.17) is 48.7 Å². The van der Waals surface area contributed by atoms with Crippen LogP contribution in [0.4, 0.5) is 56.1 Å². The van der Waals surface area contributed by atoms with E-state index in [1.54, 1.807) is 88.4 Å². The third-order valence-electron chi connectivity index (χ3n) is 24.0. The molecule has 0 radical (unpaired) electrons. The van der Waals surface area contributed by atoms with Crippen LogP contribution in [0.15, 0.2) is 351 Å². The first-order valence-electron chi connectivity index (χ1n) is 46.3. The van der Waals surface area contributed by atoms with E-state index in [2.05, 4.69) is 75.3 Å². The molecule has 4 aliphatic rings. The standard InChI is InChI=1S/C21H16FNO.C20H15FN2O.C19H16ClFN4O.C19H16N2O4.C18H15ClFN3O.C17H13ClFN3O/c22-19-8-4-5-9-20(19)23-14-17-11-10-16(13-18(17)21(23)24)12-15-6-2-1-3-7-15;21-17-8-4-5-9-18(17)23-13-15-10-11-16(22-19(15)20(23)24)12-14-6-2-1-3-7-14;1-11-10-15(12-6-3-2-4-7-12)25-18(11)23-17(24-25)19(26)22-14-9-5-8-13(20)16(14)21;1-12-15(7-8-16-17(12)24-11-23-16)21-18(22)19-20-10-14(25-19)9-13-5-3-2-4-6-13;1-23-11-15(21-16(23)10-12-6-3-2-4-7-12)18(24)22-14-9-5-8-13(19)17(14)20;18-12-7-4-8-13(16(12)19)22-17(23)14-10-20-15(21-14)9-11-5-2-1-3-6-11/h1-11,13H,12,14H2;1-11H,12-13H2;2-9,11,15H,10H2,1H3,(H,22,26);2-8,10H,9,11H2,1H3,(H,21,22);2-9,11H,10H2,1H3,(H,22,24);1-8,10H,9H2,(H,20,21)(H,22,23)/t;;11-,15-;;;/m..0.../s1. The Morgan fingerprint density at radius 1 is 0.459 bits per heavy atom. The normalized spacial score (nSPS) is 13.1. The highest BCUT2D eigenvalue weighted by Crippen LogP contribution is 2.42. The number of hydrogen-bond donors (Lipinski definition) is 5. The Balaban J connectivity index is 0.000000120. The van der Waals surface area contributed by atoms with Crippen LogP contribution in [-0.4, -0.2) is 86.5 Å². The summed E-state index contributed by atoms with van der Waals surface area (Å²) < 4.78 is 89.6. The molecule has 732 valence electrons. The van der Waals surface area contributed by atoms with Crippen LogP contribution in [-0.2, 0) is 52.2 Å². The third kappa shape index (κ3) is 24.5. The van der Waals surface area contributed by atoms with E-state index < -0.39 is 46.9 Å². The molecule has 0 spiro atoms. The molecule has 22 rings (SSSR count). The highest BCUT2D eigenvalue weighted by Gasteiger charge is 2.36. The van der Waals surface area contributed by atoms with Gasteiger partial charge in [-0.3, -0.25) is 33.7 Å². The first-order valence-corrected chi connectivity index (χ1v) is 47.4. The fraction of sp³-hybridized carbons (Fsp3) is 0.123. The van der Waals surface area contributed by atoms with Gasteiger partial charge in [0.15, 0.2) is 29.0 Å². The number of carbonyl (C=O) groups excluding carboxylic acids is 6. The van der Waals surface area contributed by atoms with Crippen molar-refractivity contribution >= 4 is 104 Å². The summed E-state index contributed by atoms with van der Waals surface area (Å²) in [7, 11) is 1.82. The number of aryl methyl sites for hydroxylation is 1. The molecule has 5 N–H and O–H groups in total. The van der Waals surface area contributed by atoms with Crippen molar-refractivity contribution in [2.75, 3.05) is 37.9 Å². The van der Waals surface area contributed by atoms with Gasteiger partial charge in [0.2, 0.25) is 12.6 Å². The van der Waals surface area contributed by atoms with Gasteiger partial charge in [-0.05, 0) is 149 Å². The number of aromatic nitrogens is 9. The largest absolute Gasteiger partial charge is 0.454 e. The molecule has 0 saturated carbocycles. The second-order valence-corrected chi connectivity index (χ2v) is 35.4. The number of imidazole rings is 2. The first kappa shape index (κ1) is 100. The smallest absolute Gasteiger partial charge is 0.311 e. The number of nitrogens with zero attached hydrogens (tertiary/aromatic N) is 10. The Morgan fingerprint density at radius 3 is 1.54 bits per heavy atom. The van der Waals surface area contributed by atoms with E-state index in [0.29, 0.717) is 90.2 Å². The summed E-state index contributed by atoms with van der Waals surface area (Å²) in [5, 5.41) is 14.5. The molecule has 24 nitrogen and oxygen atoms in total. The second kappa shape index (κ2) is 46.6. The number of amides is 6. The average molecular weight is 2020 g/mol. The van der Waals surface area contributed by atoms with Crippen molar-refractivity contribution in [2.45, 2.75) is 77.4 Å². The highest BCUT2D eigenvalue weighted by atomic mass is 35.5. The maximum atomic E-state index is 14.0. The van der Waals surface area contributed by atoms with Crippen molar-refractivity contribution in [3.63, 3.8) is 0 Å². The summed E-state index contributed by atoms with van der Waals surface area (Å²) in [5.74, 6) is -0.707. The number of aromatic amines is 1. The Kier molecular flexibility index (Phi) is 32.0. The highest BCUT2D eigenvalue weighted by molar-refractivity contribution is 6.32. The third-order valence-corrected chi connectivity index (χ3v) is 24.9. The predicted molar refractivity (Wildman–Crippen MR) is 550 cm³/mol. The number of H-pyrrole nitrogens is 1. The number of fused-ring (bicyclic) bond motifs is 4. The SMILES string of the molecule is C[C@H]1C[C@@H](c2ccccc2)n2nc(C(=O)Nc3cccc(Cl)c3F)nc21.Cc1c(NC(=O)c2ncc(Cc3ccccc3)o2)ccc2c1OCO2.Cn1cc(C(=O)Nc2cccc(Cl)c2F)nc1Cc1ccccc1.O=C(Nc1cccc(Cl)c1F)c1cnc(Cc2ccccc2)[nH]1.O=C1c2cc(Cc3ccccc3)ccc2CN1c1ccccc1F.O=C1c2nc(Cc3ccccc3)ccc2CN1c1ccccc1F. The topological polar surface area (TPSA) is 292 Å². The molecule has 18 aromatic rings. The lowest BCUT2D eigenvalue weighted by Crippen LogP contribution is -2.24. The van der Waals surface area contributed by atoms with Crippen molar-refractivity contribution in [2.24, 2.45) is 7.05 Å². The number of ether oxygens (including phenoxy) is 2. The summed E-state index contributed by atoms with van der Waals surface area (Å²) in [6, 6.07) is 99.0. The van der Waals surface area contributed by atoms with Crippen LogP contribution in [0, 0.1) is 36.0 Å². The van der Waals surface area contributed by atoms with Gasteiger partial charge in [0.25, 0.3) is 35.4 Å². The molecule has 0 fully saturated rings. The molecule has 5 aromatic heterocycles. The molecule has 9 heterocycles. The average Bonchev–Trinajstić information content (AvgIpc) is 1.62. The van der Waals surface area contributed by atoms with E-state index in [1.807, 2.05) is 214 Å². The van der Waals surface area contributed by atoms with E-state index in [-0.39, 0.29) is 91.6 Å². The second-order valence-electron chi connectivity index (χ2n) is 34.2. The van der Waals surface area contributed by atoms with Gasteiger partial charge >= 0.3 is 5.91 Å². The maximum Gasteiger partial charge on any atom is 0.311 e. The lowest BCUT2D eigenvalue weighted by atomic mass is 10.0. The molecule has 0 unspecified atom stereocenters. The number of rotatable bonds is 21. The van der Waals surface area contributed by atoms with Gasteiger partial charge in [-0.25, -0.2) is 51.6 Å². The Morgan fingerprint density at radius 2 is 0.959 bits per heavy atom. The molecular formula is C114H91Cl3F5N15O9. The lowest BCUT2D eigenvalue weighted by Gasteiger charge is -2.16. The molecule has 0 bridgehead atoms. The summed E-state index contributed by atoms with van der Waals surface area (Å²) in [6.07, 6.45) is 8.73. The van der Waals surface area contributed by atoms with Gasteiger partial charge in [0, 0.05) is 72.9 Å². The van der Waals surface area contributed by atoms with Crippen LogP contribution in [0.3, 0.4) is 0 Å². The van der Waals surface area contributed by atoms with Gasteiger partial charge < -0.3 is 49.6 Å². The van der Waals surface area contributed by atoms with Crippen LogP contribution in [0.1, 0.15) is 173 Å². The number of halogens is 8. The van der Waals surface area contributed by atoms with Gasteiger partial charge in [0.05, 0.1) is 75.0 Å². The quantitative estimate of drug-likeness (QED) is 0.0418. The zero-order valence-electron chi connectivity index (χ0n) is 78.6. The van der Waals surface area contributed by atoms with Crippen molar-refractivity contribution < 1.29 is 64.6 Å². The molecule has 2 atom stereocenters. The van der Waals surface area contributed by atoms with Crippen LogP contribution in [0.2, 0.25) is 15.1 Å². The number of oxazole rings is 1. The van der Waals surface area contributed by atoms with E-state index in [1.165, 1.54) is 70.1 Å². The fourth-order valence-corrected chi connectivity index (χ4v) is 17.1. The van der Waals surface area contributed by atoms with Gasteiger partial charge in [0.1, 0.15) is 51.9 Å². The van der Waals surface area contributed by atoms with Gasteiger partial charge in [-0.2, -0.15) is 0 Å². The van der Waals surface area contributed by atoms with Crippen LogP contribution in [0.5, 0.6) is 11.5 Å². The minimum atomic E-state index is -0.676. The van der Waals surface area contributed by atoms with E-state index in [0.717, 1.165) is 80.3 Å². The molecule has 32 heteroatoms. The molecule has 13 aromatic carbocycles. The number of para-hydroxylation sites is 2. The van der Waals surface area contributed by atoms with Crippen LogP contribution >= 0.6 is 34.8 Å². The number of carbonyl (C=O) groups is 6. The van der Waals surface area contributed by atoms with Crippen molar-refractivity contribution in [1.82, 2.24) is 44.3 Å². The van der Waals surface area contributed by atoms with Gasteiger partial charge in [-0.15, -0.1) is 5.10 Å². The lowest BCUT2D eigenvalue weighted by molar-refractivity contribution is 0.0982. The minimum absolute atomic E-state index is 0.00474. The van der Waals surface area contributed by atoms with Crippen molar-refractivity contribution in [1.29, 1.82) is 0 Å². The molecule has 146 heavy (non-hydrogen) atoms. The number of anilines is 6. The van der Waals surface area contributed by atoms with Crippen molar-refractivity contribution in [3.05, 3.63) is 509 Å². The van der Waals surface area contributed by atoms with Crippen LogP contribution < -0.4 is 40.5 Å². The zero-order chi connectivity index (χ0) is 102. The van der Waals surface area contributed by atoms with E-state index in [9.17, 15) is 50.7 Å². The van der Waals surface area contributed by atoms with Crippen LogP contribution in [0.25, 0.3) is 0 Å².